The Bertz CT molecular complexity index is 610. The zero-order chi connectivity index (χ0) is 15.9. The molecular weight excluding hydrogens is 342 g/mol. The lowest BCUT2D eigenvalue weighted by Gasteiger charge is -2.22. The summed E-state index contributed by atoms with van der Waals surface area (Å²) in [7, 11) is 0. The van der Waals surface area contributed by atoms with Gasteiger partial charge in [0, 0.05) is 36.8 Å². The predicted octanol–water partition coefficient (Wildman–Crippen LogP) is 2.91. The Morgan fingerprint density at radius 1 is 1.27 bits per heavy atom. The highest BCUT2D eigenvalue weighted by atomic mass is 79.9. The van der Waals surface area contributed by atoms with Crippen molar-refractivity contribution in [3.63, 3.8) is 0 Å². The molecule has 0 spiro atoms. The van der Waals surface area contributed by atoms with E-state index in [4.69, 9.17) is 5.73 Å². The molecule has 0 radical (unpaired) electrons. The van der Waals surface area contributed by atoms with E-state index < -0.39 is 0 Å². The number of amides is 1. The lowest BCUT2D eigenvalue weighted by molar-refractivity contribution is 0.0751. The quantitative estimate of drug-likeness (QED) is 0.821. The molecule has 118 valence electrons. The van der Waals surface area contributed by atoms with Crippen LogP contribution in [0.25, 0.3) is 0 Å². The highest BCUT2D eigenvalue weighted by Gasteiger charge is 2.19. The maximum absolute atomic E-state index is 12.8. The second kappa shape index (κ2) is 8.15. The van der Waals surface area contributed by atoms with E-state index in [0.29, 0.717) is 25.3 Å². The maximum Gasteiger partial charge on any atom is 0.270 e. The zero-order valence-corrected chi connectivity index (χ0v) is 14.4. The summed E-state index contributed by atoms with van der Waals surface area (Å²) in [6.07, 6.45) is 2.77. The van der Waals surface area contributed by atoms with Gasteiger partial charge in [-0.1, -0.05) is 30.3 Å². The van der Waals surface area contributed by atoms with Gasteiger partial charge in [-0.05, 0) is 40.9 Å². The fraction of sp³-hybridized carbons (Fsp3) is 0.353. The van der Waals surface area contributed by atoms with Crippen molar-refractivity contribution in [3.05, 3.63) is 58.3 Å². The summed E-state index contributed by atoms with van der Waals surface area (Å²) in [6.45, 7) is 4.50. The van der Waals surface area contributed by atoms with Gasteiger partial charge in [0.15, 0.2) is 0 Å². The monoisotopic (exact) mass is 363 g/mol. The van der Waals surface area contributed by atoms with E-state index in [-0.39, 0.29) is 5.91 Å². The van der Waals surface area contributed by atoms with Crippen molar-refractivity contribution in [1.29, 1.82) is 0 Å². The topological polar surface area (TPSA) is 51.3 Å². The van der Waals surface area contributed by atoms with E-state index in [1.165, 1.54) is 5.56 Å². The summed E-state index contributed by atoms with van der Waals surface area (Å²) in [5.41, 5.74) is 7.61. The molecule has 2 N–H and O–H groups in total. The van der Waals surface area contributed by atoms with E-state index in [1.54, 1.807) is 0 Å². The molecule has 0 atom stereocenters. The highest BCUT2D eigenvalue weighted by molar-refractivity contribution is 9.10. The van der Waals surface area contributed by atoms with Crippen molar-refractivity contribution in [2.75, 3.05) is 19.6 Å². The minimum atomic E-state index is 0.0360. The third-order valence-corrected chi connectivity index (χ3v) is 4.06. The van der Waals surface area contributed by atoms with Gasteiger partial charge < -0.3 is 15.2 Å². The minimum absolute atomic E-state index is 0.0360. The zero-order valence-electron chi connectivity index (χ0n) is 12.8. The molecule has 5 heteroatoms. The summed E-state index contributed by atoms with van der Waals surface area (Å²) in [5, 5.41) is 0. The summed E-state index contributed by atoms with van der Waals surface area (Å²) in [5.74, 6) is 0.0360. The molecule has 0 aliphatic carbocycles. The van der Waals surface area contributed by atoms with E-state index >= 15 is 0 Å². The van der Waals surface area contributed by atoms with Crippen molar-refractivity contribution < 1.29 is 4.79 Å². The first kappa shape index (κ1) is 16.8. The molecule has 1 heterocycles. The number of nitrogens with two attached hydrogens (primary N) is 1. The first-order valence-electron chi connectivity index (χ1n) is 7.54. The van der Waals surface area contributed by atoms with Crippen LogP contribution in [-0.4, -0.2) is 35.0 Å². The minimum Gasteiger partial charge on any atom is -0.343 e. The van der Waals surface area contributed by atoms with Crippen molar-refractivity contribution in [2.45, 2.75) is 19.9 Å². The Morgan fingerprint density at radius 2 is 2.00 bits per heavy atom. The van der Waals surface area contributed by atoms with Crippen LogP contribution in [0.3, 0.4) is 0 Å². The van der Waals surface area contributed by atoms with Crippen LogP contribution in [0.5, 0.6) is 0 Å². The normalized spacial score (nSPS) is 10.7. The average molecular weight is 364 g/mol. The third-order valence-electron chi connectivity index (χ3n) is 3.62. The van der Waals surface area contributed by atoms with Crippen molar-refractivity contribution in [1.82, 2.24) is 9.47 Å². The van der Waals surface area contributed by atoms with Crippen LogP contribution in [0.1, 0.15) is 23.0 Å². The first-order chi connectivity index (χ1) is 10.7. The predicted molar refractivity (Wildman–Crippen MR) is 92.9 cm³/mol. The second-order valence-electron chi connectivity index (χ2n) is 5.15. The van der Waals surface area contributed by atoms with Crippen LogP contribution >= 0.6 is 15.9 Å². The van der Waals surface area contributed by atoms with Gasteiger partial charge in [0.1, 0.15) is 5.69 Å². The Kier molecular flexibility index (Phi) is 6.21. The average Bonchev–Trinajstić information content (AvgIpc) is 2.92. The van der Waals surface area contributed by atoms with Gasteiger partial charge in [-0.3, -0.25) is 4.79 Å². The molecule has 22 heavy (non-hydrogen) atoms. The molecular formula is C17H22BrN3O. The van der Waals surface area contributed by atoms with Crippen LogP contribution < -0.4 is 5.73 Å². The van der Waals surface area contributed by atoms with E-state index in [0.717, 1.165) is 17.4 Å². The Labute approximate surface area is 140 Å². The standard InChI is InChI=1S/C17H22BrN3O/c1-2-20-13-15(18)12-16(20)17(22)21(11-9-19)10-8-14-6-4-3-5-7-14/h3-7,12-13H,2,8-11,19H2,1H3. The number of hydrogen-bond donors (Lipinski definition) is 1. The van der Waals surface area contributed by atoms with E-state index in [9.17, 15) is 4.79 Å². The second-order valence-corrected chi connectivity index (χ2v) is 6.06. The van der Waals surface area contributed by atoms with Gasteiger partial charge in [0.25, 0.3) is 5.91 Å². The van der Waals surface area contributed by atoms with Gasteiger partial charge in [0.2, 0.25) is 0 Å². The molecule has 2 rings (SSSR count). The largest absolute Gasteiger partial charge is 0.343 e. The molecule has 0 aliphatic heterocycles. The molecule has 0 fully saturated rings. The van der Waals surface area contributed by atoms with Crippen LogP contribution in [0.2, 0.25) is 0 Å². The van der Waals surface area contributed by atoms with Crippen molar-refractivity contribution >= 4 is 21.8 Å². The van der Waals surface area contributed by atoms with Crippen LogP contribution in [-0.2, 0) is 13.0 Å². The fourth-order valence-electron chi connectivity index (χ4n) is 2.46. The van der Waals surface area contributed by atoms with Crippen molar-refractivity contribution in [3.8, 4) is 0 Å². The number of aryl methyl sites for hydroxylation is 1. The van der Waals surface area contributed by atoms with Gasteiger partial charge in [0.05, 0.1) is 0 Å². The number of carbonyl (C=O) groups excluding carboxylic acids is 1. The third kappa shape index (κ3) is 4.21. The smallest absolute Gasteiger partial charge is 0.270 e. The van der Waals surface area contributed by atoms with E-state index in [1.807, 2.05) is 46.9 Å². The molecule has 0 unspecified atom stereocenters. The molecule has 0 saturated carbocycles. The number of carbonyl (C=O) groups is 1. The SMILES string of the molecule is CCn1cc(Br)cc1C(=O)N(CCN)CCc1ccccc1. The molecule has 2 aromatic rings. The maximum atomic E-state index is 12.8. The number of benzene rings is 1. The summed E-state index contributed by atoms with van der Waals surface area (Å²) >= 11 is 3.44. The van der Waals surface area contributed by atoms with Gasteiger partial charge >= 0.3 is 0 Å². The van der Waals surface area contributed by atoms with Gasteiger partial charge in [-0.15, -0.1) is 0 Å². The van der Waals surface area contributed by atoms with Crippen LogP contribution in [0, 0.1) is 0 Å². The number of aromatic nitrogens is 1. The van der Waals surface area contributed by atoms with Gasteiger partial charge in [-0.25, -0.2) is 0 Å². The van der Waals surface area contributed by atoms with Crippen molar-refractivity contribution in [2.24, 2.45) is 5.73 Å². The summed E-state index contributed by atoms with van der Waals surface area (Å²) < 4.78 is 2.88. The lowest BCUT2D eigenvalue weighted by atomic mass is 10.1. The molecule has 0 saturated heterocycles. The molecule has 1 aromatic carbocycles. The Morgan fingerprint density at radius 3 is 2.64 bits per heavy atom. The van der Waals surface area contributed by atoms with Gasteiger partial charge in [-0.2, -0.15) is 0 Å². The molecule has 0 bridgehead atoms. The molecule has 4 nitrogen and oxygen atoms in total. The summed E-state index contributed by atoms with van der Waals surface area (Å²) in [4.78, 5) is 14.6. The number of hydrogen-bond acceptors (Lipinski definition) is 2. The Hall–Kier alpha value is -1.59. The van der Waals surface area contributed by atoms with Crippen LogP contribution in [0.15, 0.2) is 47.1 Å². The molecule has 1 amide bonds. The van der Waals surface area contributed by atoms with E-state index in [2.05, 4.69) is 28.1 Å². The summed E-state index contributed by atoms with van der Waals surface area (Å²) in [6, 6.07) is 12.1. The highest BCUT2D eigenvalue weighted by Crippen LogP contribution is 2.17. The molecule has 0 aliphatic rings. The number of nitrogens with zero attached hydrogens (tertiary/aromatic N) is 2. The molecule has 1 aromatic heterocycles. The fourth-order valence-corrected chi connectivity index (χ4v) is 2.92. The Balaban J connectivity index is 2.11. The lowest BCUT2D eigenvalue weighted by Crippen LogP contribution is -2.37. The first-order valence-corrected chi connectivity index (χ1v) is 8.34. The number of halogens is 1. The number of rotatable bonds is 7. The van der Waals surface area contributed by atoms with Crippen LogP contribution in [0.4, 0.5) is 0 Å².